The maximum Gasteiger partial charge on any atom is 0.295 e. The van der Waals surface area contributed by atoms with Crippen LogP contribution >= 0.6 is 0 Å². The number of hydrazone groups is 1. The smallest absolute Gasteiger partial charge is 0.295 e. The number of anilines is 1. The van der Waals surface area contributed by atoms with Gasteiger partial charge in [0.15, 0.2) is 0 Å². The molecule has 0 aliphatic carbocycles. The number of methoxy groups -OCH3 is 1. The first-order valence-electron chi connectivity index (χ1n) is 8.97. The zero-order valence-electron chi connectivity index (χ0n) is 16.7. The van der Waals surface area contributed by atoms with Crippen LogP contribution in [0.5, 0.6) is 5.75 Å². The van der Waals surface area contributed by atoms with Gasteiger partial charge in [0.2, 0.25) is 10.0 Å². The summed E-state index contributed by atoms with van der Waals surface area (Å²) in [4.78, 5) is 10.7. The lowest BCUT2D eigenvalue weighted by molar-refractivity contribution is -0.384. The lowest BCUT2D eigenvalue weighted by atomic mass is 10.1. The number of ether oxygens (including phenoxy) is 1. The molecule has 0 aliphatic heterocycles. The van der Waals surface area contributed by atoms with Crippen LogP contribution in [0.3, 0.4) is 0 Å². The first-order valence-corrected chi connectivity index (χ1v) is 10.4. The molecule has 0 fully saturated rings. The van der Waals surface area contributed by atoms with Crippen LogP contribution in [-0.4, -0.2) is 43.6 Å². The Balaban J connectivity index is 2.37. The highest BCUT2D eigenvalue weighted by Gasteiger charge is 2.25. The van der Waals surface area contributed by atoms with Crippen LogP contribution in [0.2, 0.25) is 0 Å². The fourth-order valence-corrected chi connectivity index (χ4v) is 4.17. The molecule has 9 nitrogen and oxygen atoms in total. The highest BCUT2D eigenvalue weighted by Crippen LogP contribution is 2.29. The number of hydrogen-bond acceptors (Lipinski definition) is 7. The van der Waals surface area contributed by atoms with Crippen molar-refractivity contribution in [3.8, 4) is 5.75 Å². The van der Waals surface area contributed by atoms with Crippen LogP contribution in [0.4, 0.5) is 11.4 Å². The van der Waals surface area contributed by atoms with Crippen molar-refractivity contribution in [2.75, 3.05) is 25.6 Å². The molecule has 10 heteroatoms. The van der Waals surface area contributed by atoms with Crippen molar-refractivity contribution in [3.63, 3.8) is 0 Å². The molecule has 0 bridgehead atoms. The Morgan fingerprint density at radius 1 is 1.21 bits per heavy atom. The molecule has 0 saturated carbocycles. The second-order valence-corrected chi connectivity index (χ2v) is 8.00. The number of hydrogen-bond donors (Lipinski definition) is 1. The van der Waals surface area contributed by atoms with Crippen molar-refractivity contribution in [3.05, 3.63) is 58.1 Å². The molecule has 0 atom stereocenters. The van der Waals surface area contributed by atoms with Gasteiger partial charge in [-0.15, -0.1) is 0 Å². The van der Waals surface area contributed by atoms with Gasteiger partial charge in [0.1, 0.15) is 11.4 Å². The van der Waals surface area contributed by atoms with Gasteiger partial charge in [-0.25, -0.2) is 8.42 Å². The van der Waals surface area contributed by atoms with E-state index >= 15 is 0 Å². The number of rotatable bonds is 9. The second-order valence-electron chi connectivity index (χ2n) is 6.07. The third kappa shape index (κ3) is 5.09. The van der Waals surface area contributed by atoms with Gasteiger partial charge in [0, 0.05) is 24.7 Å². The van der Waals surface area contributed by atoms with Gasteiger partial charge in [-0.2, -0.15) is 9.41 Å². The van der Waals surface area contributed by atoms with E-state index in [0.29, 0.717) is 11.5 Å². The van der Waals surface area contributed by atoms with Crippen LogP contribution in [0.15, 0.2) is 52.5 Å². The molecule has 0 radical (unpaired) electrons. The number of nitrogens with zero attached hydrogens (tertiary/aromatic N) is 3. The number of sulfonamides is 1. The molecule has 0 aliphatic rings. The van der Waals surface area contributed by atoms with Crippen molar-refractivity contribution in [2.24, 2.45) is 5.10 Å². The molecule has 2 aromatic carbocycles. The fraction of sp³-hybridized carbons (Fsp3) is 0.316. The van der Waals surface area contributed by atoms with Gasteiger partial charge in [0.05, 0.1) is 22.6 Å². The van der Waals surface area contributed by atoms with Gasteiger partial charge in [-0.05, 0) is 31.2 Å². The fourth-order valence-electron chi connectivity index (χ4n) is 2.69. The number of nitro groups is 1. The SMILES string of the molecule is CCN(CC)S(=O)(=O)c1ccc(NN=C(C)c2cccc(OC)c2)c([N+](=O)[O-])c1. The number of nitrogens with one attached hydrogen (secondary N) is 1. The molecule has 0 saturated heterocycles. The summed E-state index contributed by atoms with van der Waals surface area (Å²) in [6, 6.07) is 10.9. The normalized spacial score (nSPS) is 12.1. The minimum Gasteiger partial charge on any atom is -0.497 e. The summed E-state index contributed by atoms with van der Waals surface area (Å²) in [7, 11) is -2.25. The van der Waals surface area contributed by atoms with E-state index in [1.807, 2.05) is 12.1 Å². The number of benzene rings is 2. The van der Waals surface area contributed by atoms with Crippen molar-refractivity contribution < 1.29 is 18.1 Å². The van der Waals surface area contributed by atoms with Crippen LogP contribution in [-0.2, 0) is 10.0 Å². The zero-order valence-corrected chi connectivity index (χ0v) is 17.6. The van der Waals surface area contributed by atoms with Crippen molar-refractivity contribution in [1.29, 1.82) is 0 Å². The average molecular weight is 420 g/mol. The topological polar surface area (TPSA) is 114 Å². The summed E-state index contributed by atoms with van der Waals surface area (Å²) in [5.74, 6) is 0.661. The first-order chi connectivity index (χ1) is 13.7. The molecule has 29 heavy (non-hydrogen) atoms. The molecule has 0 heterocycles. The summed E-state index contributed by atoms with van der Waals surface area (Å²) in [5, 5.41) is 15.7. The van der Waals surface area contributed by atoms with Crippen molar-refractivity contribution in [1.82, 2.24) is 4.31 Å². The van der Waals surface area contributed by atoms with E-state index in [1.165, 1.54) is 16.4 Å². The van der Waals surface area contributed by atoms with Crippen LogP contribution in [0.25, 0.3) is 0 Å². The molecule has 2 aromatic rings. The van der Waals surface area contributed by atoms with Crippen molar-refractivity contribution >= 4 is 27.1 Å². The predicted octanol–water partition coefficient (Wildman–Crippen LogP) is 3.47. The largest absolute Gasteiger partial charge is 0.497 e. The van der Waals surface area contributed by atoms with Gasteiger partial charge >= 0.3 is 0 Å². The quantitative estimate of drug-likeness (QED) is 0.377. The monoisotopic (exact) mass is 420 g/mol. The molecule has 0 spiro atoms. The summed E-state index contributed by atoms with van der Waals surface area (Å²) < 4.78 is 31.7. The van der Waals surface area contributed by atoms with Crippen LogP contribution in [0, 0.1) is 10.1 Å². The highest BCUT2D eigenvalue weighted by molar-refractivity contribution is 7.89. The Morgan fingerprint density at radius 2 is 1.90 bits per heavy atom. The third-order valence-corrected chi connectivity index (χ3v) is 6.39. The van der Waals surface area contributed by atoms with E-state index < -0.39 is 14.9 Å². The Bertz CT molecular complexity index is 1020. The molecular weight excluding hydrogens is 396 g/mol. The summed E-state index contributed by atoms with van der Waals surface area (Å²) in [5.41, 5.74) is 3.74. The molecule has 0 aromatic heterocycles. The van der Waals surface area contributed by atoms with Crippen LogP contribution in [0.1, 0.15) is 26.3 Å². The van der Waals surface area contributed by atoms with E-state index in [2.05, 4.69) is 10.5 Å². The number of nitro benzene ring substituents is 1. The van der Waals surface area contributed by atoms with Gasteiger partial charge < -0.3 is 4.74 Å². The van der Waals surface area contributed by atoms with Gasteiger partial charge in [-0.3, -0.25) is 15.5 Å². The summed E-state index contributed by atoms with van der Waals surface area (Å²) >= 11 is 0. The maximum atomic E-state index is 12.6. The van der Waals surface area contributed by atoms with Crippen molar-refractivity contribution in [2.45, 2.75) is 25.7 Å². The Hall–Kier alpha value is -2.98. The molecule has 0 unspecified atom stereocenters. The van der Waals surface area contributed by atoms with Gasteiger partial charge in [-0.1, -0.05) is 26.0 Å². The maximum absolute atomic E-state index is 12.6. The standard InChI is InChI=1S/C19H24N4O5S/c1-5-22(6-2)29(26,27)17-10-11-18(19(13-17)23(24)25)21-20-14(3)15-8-7-9-16(12-15)28-4/h7-13,21H,5-6H2,1-4H3. The predicted molar refractivity (Wildman–Crippen MR) is 112 cm³/mol. The highest BCUT2D eigenvalue weighted by atomic mass is 32.2. The van der Waals surface area contributed by atoms with E-state index in [4.69, 9.17) is 4.74 Å². The second kappa shape index (κ2) is 9.48. The average Bonchev–Trinajstić information content (AvgIpc) is 2.72. The Kier molecular flexibility index (Phi) is 7.29. The molecule has 156 valence electrons. The summed E-state index contributed by atoms with van der Waals surface area (Å²) in [6.45, 7) is 5.71. The molecule has 1 N–H and O–H groups in total. The van der Waals surface area contributed by atoms with E-state index in [0.717, 1.165) is 11.6 Å². The minimum absolute atomic E-state index is 0.0933. The Labute approximate surface area is 170 Å². The summed E-state index contributed by atoms with van der Waals surface area (Å²) in [6.07, 6.45) is 0. The Morgan fingerprint density at radius 3 is 2.48 bits per heavy atom. The lowest BCUT2D eigenvalue weighted by Crippen LogP contribution is -2.30. The van der Waals surface area contributed by atoms with E-state index in [1.54, 1.807) is 40.0 Å². The molecule has 2 rings (SSSR count). The molecule has 0 amide bonds. The van der Waals surface area contributed by atoms with E-state index in [9.17, 15) is 18.5 Å². The zero-order chi connectivity index (χ0) is 21.6. The van der Waals surface area contributed by atoms with Crippen LogP contribution < -0.4 is 10.2 Å². The molecular formula is C19H24N4O5S. The third-order valence-electron chi connectivity index (χ3n) is 4.34. The minimum atomic E-state index is -3.80. The van der Waals surface area contributed by atoms with E-state index in [-0.39, 0.29) is 29.4 Å². The first kappa shape index (κ1) is 22.3. The van der Waals surface area contributed by atoms with Gasteiger partial charge in [0.25, 0.3) is 5.69 Å². The lowest BCUT2D eigenvalue weighted by Gasteiger charge is -2.18.